The number of carbonyl (C=O) groups excluding carboxylic acids is 1. The minimum Gasteiger partial charge on any atom is -0.504 e. The maximum Gasteiger partial charge on any atom is 0.245 e. The predicted octanol–water partition coefficient (Wildman–Crippen LogP) is 0.846. The number of nitrogens with two attached hydrogens (primary N) is 1. The highest BCUT2D eigenvalue weighted by Crippen LogP contribution is 2.26. The first kappa shape index (κ1) is 15.7. The van der Waals surface area contributed by atoms with Gasteiger partial charge in [-0.3, -0.25) is 10.2 Å². The molecule has 7 nitrogen and oxygen atoms in total. The van der Waals surface area contributed by atoms with E-state index in [0.717, 1.165) is 12.8 Å². The van der Waals surface area contributed by atoms with Crippen molar-refractivity contribution in [3.8, 4) is 11.5 Å². The topological polar surface area (TPSA) is 112 Å². The summed E-state index contributed by atoms with van der Waals surface area (Å²) < 4.78 is 4.96. The molecule has 1 aromatic rings. The number of methoxy groups -OCH3 is 1. The van der Waals surface area contributed by atoms with Crippen LogP contribution in [0.15, 0.2) is 24.3 Å². The van der Waals surface area contributed by atoms with E-state index in [1.165, 1.54) is 19.3 Å². The Morgan fingerprint density at radius 3 is 3.00 bits per heavy atom. The number of carbonyl (C=O) groups is 1. The van der Waals surface area contributed by atoms with Crippen LogP contribution < -0.4 is 15.8 Å². The number of benzene rings is 1. The molecule has 0 radical (unpaired) electrons. The fourth-order valence-corrected chi connectivity index (χ4v) is 2.40. The van der Waals surface area contributed by atoms with Gasteiger partial charge in [-0.2, -0.15) is 0 Å². The van der Waals surface area contributed by atoms with Crippen molar-refractivity contribution in [3.05, 3.63) is 29.8 Å². The van der Waals surface area contributed by atoms with Crippen molar-refractivity contribution < 1.29 is 14.6 Å². The second-order valence-electron chi connectivity index (χ2n) is 5.01. The third-order valence-corrected chi connectivity index (χ3v) is 3.50. The highest BCUT2D eigenvalue weighted by Gasteiger charge is 2.26. The molecule has 7 heteroatoms. The molecule has 0 spiro atoms. The summed E-state index contributed by atoms with van der Waals surface area (Å²) in [4.78, 5) is 13.6. The van der Waals surface area contributed by atoms with Crippen molar-refractivity contribution in [1.82, 2.24) is 10.2 Å². The molecule has 1 aliphatic heterocycles. The first-order chi connectivity index (χ1) is 10.5. The Morgan fingerprint density at radius 2 is 2.36 bits per heavy atom. The summed E-state index contributed by atoms with van der Waals surface area (Å²) in [6.45, 7) is 0.677. The highest BCUT2D eigenvalue weighted by atomic mass is 16.5. The lowest BCUT2D eigenvalue weighted by Gasteiger charge is -2.24. The summed E-state index contributed by atoms with van der Waals surface area (Å²) in [6.07, 6.45) is 4.40. The number of guanidine groups is 1. The van der Waals surface area contributed by atoms with Gasteiger partial charge >= 0.3 is 0 Å². The van der Waals surface area contributed by atoms with Crippen LogP contribution in [-0.4, -0.2) is 41.7 Å². The van der Waals surface area contributed by atoms with Crippen LogP contribution in [0.3, 0.4) is 0 Å². The van der Waals surface area contributed by atoms with E-state index in [2.05, 4.69) is 5.32 Å². The molecule has 1 fully saturated rings. The minimum absolute atomic E-state index is 0.0172. The van der Waals surface area contributed by atoms with E-state index in [9.17, 15) is 9.90 Å². The lowest BCUT2D eigenvalue weighted by molar-refractivity contribution is -0.117. The maximum atomic E-state index is 11.9. The van der Waals surface area contributed by atoms with Gasteiger partial charge in [0.1, 0.15) is 6.17 Å². The van der Waals surface area contributed by atoms with Crippen LogP contribution in [0, 0.1) is 5.41 Å². The van der Waals surface area contributed by atoms with Crippen LogP contribution in [0.2, 0.25) is 0 Å². The zero-order valence-corrected chi connectivity index (χ0v) is 12.4. The molecule has 5 N–H and O–H groups in total. The number of rotatable bonds is 4. The number of hydrogen-bond donors (Lipinski definition) is 4. The number of likely N-dealkylation sites (tertiary alicyclic amines) is 1. The first-order valence-electron chi connectivity index (χ1n) is 6.97. The molecule has 1 heterocycles. The molecule has 2 rings (SSSR count). The van der Waals surface area contributed by atoms with Crippen molar-refractivity contribution in [2.24, 2.45) is 5.73 Å². The number of ether oxygens (including phenoxy) is 1. The smallest absolute Gasteiger partial charge is 0.245 e. The van der Waals surface area contributed by atoms with Crippen LogP contribution in [0.1, 0.15) is 18.4 Å². The number of nitrogens with one attached hydrogen (secondary N) is 2. The van der Waals surface area contributed by atoms with Crippen LogP contribution >= 0.6 is 0 Å². The monoisotopic (exact) mass is 304 g/mol. The number of aromatic hydroxyl groups is 1. The summed E-state index contributed by atoms with van der Waals surface area (Å²) in [6, 6.07) is 4.88. The van der Waals surface area contributed by atoms with Gasteiger partial charge in [0.05, 0.1) is 7.11 Å². The van der Waals surface area contributed by atoms with Crippen molar-refractivity contribution >= 4 is 17.9 Å². The quantitative estimate of drug-likeness (QED) is 0.374. The lowest BCUT2D eigenvalue weighted by Crippen LogP contribution is -2.48. The average Bonchev–Trinajstić information content (AvgIpc) is 2.93. The largest absolute Gasteiger partial charge is 0.504 e. The second kappa shape index (κ2) is 6.84. The van der Waals surface area contributed by atoms with Gasteiger partial charge in [0.15, 0.2) is 17.5 Å². The normalized spacial score (nSPS) is 17.7. The van der Waals surface area contributed by atoms with Gasteiger partial charge in [0.2, 0.25) is 5.91 Å². The van der Waals surface area contributed by atoms with Crippen LogP contribution in [0.25, 0.3) is 6.08 Å². The molecule has 0 unspecified atom stereocenters. The molecule has 0 aliphatic carbocycles. The Hall–Kier alpha value is -2.70. The Morgan fingerprint density at radius 1 is 1.59 bits per heavy atom. The standard InChI is InChI=1S/C15H20N4O3/c1-22-12-6-4-10(9-11(12)20)5-7-14(21)18-13-3-2-8-19(13)15(16)17/h4-7,9,13,20H,2-3,8H2,1H3,(H3,16,17)(H,18,21)/t13-/m0/s1. The molecular formula is C15H20N4O3. The maximum absolute atomic E-state index is 11.9. The predicted molar refractivity (Wildman–Crippen MR) is 83.5 cm³/mol. The van der Waals surface area contributed by atoms with Gasteiger partial charge < -0.3 is 25.8 Å². The van der Waals surface area contributed by atoms with E-state index in [0.29, 0.717) is 17.9 Å². The Balaban J connectivity index is 1.96. The molecule has 1 amide bonds. The van der Waals surface area contributed by atoms with Gasteiger partial charge in [0.25, 0.3) is 0 Å². The average molecular weight is 304 g/mol. The van der Waals surface area contributed by atoms with E-state index in [1.54, 1.807) is 23.1 Å². The van der Waals surface area contributed by atoms with Crippen molar-refractivity contribution in [2.75, 3.05) is 13.7 Å². The molecule has 22 heavy (non-hydrogen) atoms. The molecule has 0 saturated carbocycles. The van der Waals surface area contributed by atoms with Gasteiger partial charge in [-0.25, -0.2) is 0 Å². The lowest BCUT2D eigenvalue weighted by atomic mass is 10.2. The summed E-state index contributed by atoms with van der Waals surface area (Å²) in [7, 11) is 1.47. The van der Waals surface area contributed by atoms with Gasteiger partial charge in [-0.05, 0) is 36.6 Å². The van der Waals surface area contributed by atoms with E-state index in [4.69, 9.17) is 15.9 Å². The Kier molecular flexibility index (Phi) is 4.88. The SMILES string of the molecule is COc1ccc(C=CC(=O)N[C@@H]2CCCN2C(=N)N)cc1O. The molecule has 118 valence electrons. The van der Waals surface area contributed by atoms with Gasteiger partial charge in [0, 0.05) is 12.6 Å². The molecule has 1 saturated heterocycles. The summed E-state index contributed by atoms with van der Waals surface area (Å²) in [5.41, 5.74) is 6.16. The molecular weight excluding hydrogens is 284 g/mol. The third kappa shape index (κ3) is 3.69. The van der Waals surface area contributed by atoms with E-state index < -0.39 is 0 Å². The van der Waals surface area contributed by atoms with Gasteiger partial charge in [-0.1, -0.05) is 6.07 Å². The summed E-state index contributed by atoms with van der Waals surface area (Å²) in [5.74, 6) is 0.0913. The number of phenolic OH excluding ortho intramolecular Hbond substituents is 1. The van der Waals surface area contributed by atoms with Crippen LogP contribution in [0.4, 0.5) is 0 Å². The Bertz CT molecular complexity index is 600. The van der Waals surface area contributed by atoms with Crippen LogP contribution in [0.5, 0.6) is 11.5 Å². The summed E-state index contributed by atoms with van der Waals surface area (Å²) >= 11 is 0. The van der Waals surface area contributed by atoms with E-state index in [1.807, 2.05) is 0 Å². The minimum atomic E-state index is -0.270. The Labute approximate surface area is 128 Å². The second-order valence-corrected chi connectivity index (χ2v) is 5.01. The number of amides is 1. The summed E-state index contributed by atoms with van der Waals surface area (Å²) in [5, 5.41) is 19.9. The van der Waals surface area contributed by atoms with Crippen LogP contribution in [-0.2, 0) is 4.79 Å². The molecule has 0 aromatic heterocycles. The number of phenols is 1. The van der Waals surface area contributed by atoms with Crippen molar-refractivity contribution in [2.45, 2.75) is 19.0 Å². The number of hydrogen-bond acceptors (Lipinski definition) is 4. The van der Waals surface area contributed by atoms with E-state index >= 15 is 0 Å². The third-order valence-electron chi connectivity index (χ3n) is 3.50. The van der Waals surface area contributed by atoms with E-state index in [-0.39, 0.29) is 23.8 Å². The fourth-order valence-electron chi connectivity index (χ4n) is 2.40. The zero-order chi connectivity index (χ0) is 16.1. The number of nitrogens with zero attached hydrogens (tertiary/aromatic N) is 1. The molecule has 1 atom stereocenters. The molecule has 1 aliphatic rings. The highest BCUT2D eigenvalue weighted by molar-refractivity contribution is 5.92. The van der Waals surface area contributed by atoms with Gasteiger partial charge in [-0.15, -0.1) is 0 Å². The first-order valence-corrected chi connectivity index (χ1v) is 6.97. The fraction of sp³-hybridized carbons (Fsp3) is 0.333. The van der Waals surface area contributed by atoms with Crippen molar-refractivity contribution in [1.29, 1.82) is 5.41 Å². The zero-order valence-electron chi connectivity index (χ0n) is 12.4. The van der Waals surface area contributed by atoms with Crippen molar-refractivity contribution in [3.63, 3.8) is 0 Å². The molecule has 1 aromatic carbocycles. The molecule has 0 bridgehead atoms.